The zero-order valence-electron chi connectivity index (χ0n) is 3.67. The maximum absolute atomic E-state index is 9.06. The Hall–Kier alpha value is 0.317. The van der Waals surface area contributed by atoms with Crippen LogP contribution in [0.5, 0.6) is 0 Å². The molecule has 0 fully saturated rings. The molecule has 7 heavy (non-hydrogen) atoms. The van der Waals surface area contributed by atoms with Gasteiger partial charge in [-0.2, -0.15) is 0 Å². The molecule has 6 heteroatoms. The molecule has 0 aliphatic rings. The summed E-state index contributed by atoms with van der Waals surface area (Å²) in [5, 5.41) is 7.48. The van der Waals surface area contributed by atoms with E-state index < -0.39 is 23.9 Å². The molecular formula is CH3AlO4Ti. The molecule has 0 aliphatic heterocycles. The quantitative estimate of drug-likeness (QED) is 0.457. The summed E-state index contributed by atoms with van der Waals surface area (Å²) in [5.74, 6) is 0. The van der Waals surface area contributed by atoms with Gasteiger partial charge >= 0.3 is 42.0 Å². The minimum absolute atomic E-state index is 0.265. The van der Waals surface area contributed by atoms with E-state index in [0.29, 0.717) is 0 Å². The van der Waals surface area contributed by atoms with E-state index in [1.807, 2.05) is 0 Å². The molecule has 0 bridgehead atoms. The van der Waals surface area contributed by atoms with E-state index in [0.717, 1.165) is 0 Å². The van der Waals surface area contributed by atoms with E-state index in [-0.39, 0.29) is 16.3 Å². The van der Waals surface area contributed by atoms with E-state index >= 15 is 0 Å². The summed E-state index contributed by atoms with van der Waals surface area (Å²) < 4.78 is 17.0. The Morgan fingerprint density at radius 3 is 1.57 bits per heavy atom. The van der Waals surface area contributed by atoms with Crippen LogP contribution in [-0.4, -0.2) is 26.2 Å². The SMILES string of the molecule is O=[C](O)[AlH2].[O]=[Ti]=[O]. The van der Waals surface area contributed by atoms with Crippen LogP contribution in [0, 0.1) is 0 Å². The van der Waals surface area contributed by atoms with Gasteiger partial charge in [0.05, 0.1) is 0 Å². The standard InChI is InChI=1S/CHO2.Al.2O.Ti.2H/c2-1-3;;;;;;/h(H,2,3);;;;;;. The number of hydrogen-bond donors (Lipinski definition) is 1. The summed E-state index contributed by atoms with van der Waals surface area (Å²) in [6.45, 7) is 0. The molecule has 4 nitrogen and oxygen atoms in total. The molecule has 0 saturated carbocycles. The van der Waals surface area contributed by atoms with Gasteiger partial charge < -0.3 is 5.11 Å². The summed E-state index contributed by atoms with van der Waals surface area (Å²) in [6, 6.07) is 0. The van der Waals surface area contributed by atoms with Crippen LogP contribution in [0.25, 0.3) is 0 Å². The van der Waals surface area contributed by atoms with Crippen molar-refractivity contribution in [2.75, 3.05) is 0 Å². The van der Waals surface area contributed by atoms with Gasteiger partial charge in [-0.15, -0.1) is 0 Å². The number of hydrogen-bond acceptors (Lipinski definition) is 3. The molecule has 0 aromatic carbocycles. The van der Waals surface area contributed by atoms with Crippen LogP contribution in [0.2, 0.25) is 0 Å². The fourth-order valence-corrected chi connectivity index (χ4v) is 0. The topological polar surface area (TPSA) is 71.4 Å². The Kier molecular flexibility index (Phi) is 14.1. The van der Waals surface area contributed by atoms with Gasteiger partial charge in [0.25, 0.3) is 0 Å². The second-order valence-corrected chi connectivity index (χ2v) is 1.72. The molecule has 0 spiro atoms. The van der Waals surface area contributed by atoms with Crippen LogP contribution < -0.4 is 0 Å². The zero-order valence-corrected chi connectivity index (χ0v) is 7.23. The fourth-order valence-electron chi connectivity index (χ4n) is 0. The summed E-state index contributed by atoms with van der Waals surface area (Å²) in [5.41, 5.74) is 0. The first-order chi connectivity index (χ1) is 3.15. The molecule has 1 N–H and O–H groups in total. The first-order valence-electron chi connectivity index (χ1n) is 1.34. The molecule has 0 rings (SSSR count). The van der Waals surface area contributed by atoms with Crippen molar-refractivity contribution in [3.8, 4) is 0 Å². The van der Waals surface area contributed by atoms with Crippen LogP contribution in [0.4, 0.5) is 4.79 Å². The van der Waals surface area contributed by atoms with Crippen molar-refractivity contribution < 1.29 is 35.6 Å². The van der Waals surface area contributed by atoms with Gasteiger partial charge in [0.15, 0.2) is 4.83 Å². The normalized spacial score (nSPS) is 4.57. The Bertz CT molecular complexity index is 79.7. The van der Waals surface area contributed by atoms with E-state index in [1.165, 1.54) is 0 Å². The van der Waals surface area contributed by atoms with Crippen molar-refractivity contribution in [2.45, 2.75) is 0 Å². The molecular weight excluding hydrogens is 151 g/mol. The van der Waals surface area contributed by atoms with Gasteiger partial charge in [-0.05, 0) is 0 Å². The Balaban J connectivity index is 0. The predicted octanol–water partition coefficient (Wildman–Crippen LogP) is -0.943. The maximum atomic E-state index is 9.06. The molecule has 0 radical (unpaired) electrons. The van der Waals surface area contributed by atoms with Crippen molar-refractivity contribution in [2.24, 2.45) is 0 Å². The minimum atomic E-state index is -2.00. The molecule has 0 unspecified atom stereocenters. The fraction of sp³-hybridized carbons (Fsp3) is 0. The molecule has 0 atom stereocenters. The van der Waals surface area contributed by atoms with E-state index in [9.17, 15) is 0 Å². The number of carbonyl (C=O) groups is 1. The van der Waals surface area contributed by atoms with Crippen molar-refractivity contribution in [1.29, 1.82) is 0 Å². The third-order valence-corrected chi connectivity index (χ3v) is 0. The van der Waals surface area contributed by atoms with Gasteiger partial charge in [-0.3, -0.25) is 4.79 Å². The Morgan fingerprint density at radius 1 is 1.57 bits per heavy atom. The van der Waals surface area contributed by atoms with Gasteiger partial charge in [0, 0.05) is 0 Å². The predicted molar refractivity (Wildman–Crippen MR) is 17.9 cm³/mol. The molecule has 0 amide bonds. The van der Waals surface area contributed by atoms with Crippen molar-refractivity contribution in [1.82, 2.24) is 0 Å². The van der Waals surface area contributed by atoms with E-state index in [2.05, 4.69) is 0 Å². The second kappa shape index (κ2) is 9.58. The van der Waals surface area contributed by atoms with Crippen molar-refractivity contribution in [3.05, 3.63) is 0 Å². The number of rotatable bonds is 0. The monoisotopic (exact) mass is 154 g/mol. The molecule has 0 saturated heterocycles. The Labute approximate surface area is 56.9 Å². The zero-order chi connectivity index (χ0) is 6.28. The van der Waals surface area contributed by atoms with Crippen LogP contribution in [0.15, 0.2) is 0 Å². The molecule has 0 aliphatic carbocycles. The van der Waals surface area contributed by atoms with Gasteiger partial charge in [0.1, 0.15) is 0 Å². The summed E-state index contributed by atoms with van der Waals surface area (Å²) >= 11 is -1.73. The van der Waals surface area contributed by atoms with Crippen LogP contribution in [0.1, 0.15) is 0 Å². The molecule has 0 aromatic rings. The Morgan fingerprint density at radius 2 is 1.57 bits per heavy atom. The van der Waals surface area contributed by atoms with Crippen LogP contribution in [-0.2, 0) is 25.7 Å². The van der Waals surface area contributed by atoms with Crippen LogP contribution in [0.3, 0.4) is 0 Å². The molecule has 0 heterocycles. The summed E-state index contributed by atoms with van der Waals surface area (Å²) in [6.07, 6.45) is 0. The third-order valence-electron chi connectivity index (χ3n) is 0. The first kappa shape index (κ1) is 10.3. The summed E-state index contributed by atoms with van der Waals surface area (Å²) in [4.78, 5) is 8.37. The second-order valence-electron chi connectivity index (χ2n) is 0.602. The van der Waals surface area contributed by atoms with Crippen LogP contribution >= 0.6 is 0 Å². The van der Waals surface area contributed by atoms with Gasteiger partial charge in [-0.1, -0.05) is 0 Å². The average molecular weight is 154 g/mol. The van der Waals surface area contributed by atoms with E-state index in [1.54, 1.807) is 0 Å². The van der Waals surface area contributed by atoms with Gasteiger partial charge in [0.2, 0.25) is 0 Å². The van der Waals surface area contributed by atoms with Crippen molar-refractivity contribution in [3.63, 3.8) is 0 Å². The average Bonchev–Trinajstić information content (AvgIpc) is 1.33. The molecule has 38 valence electrons. The number of carboxylic acid groups (broad SMARTS) is 1. The molecule has 0 aromatic heterocycles. The van der Waals surface area contributed by atoms with Gasteiger partial charge in [-0.25, -0.2) is 0 Å². The van der Waals surface area contributed by atoms with E-state index in [4.69, 9.17) is 16.6 Å². The van der Waals surface area contributed by atoms with Crippen molar-refractivity contribution >= 4 is 21.1 Å². The summed E-state index contributed by atoms with van der Waals surface area (Å²) in [7, 11) is 0. The first-order valence-corrected chi connectivity index (χ1v) is 3.61. The third kappa shape index (κ3) is 1170.